The molecule has 2 aromatic heterocycles. The molecule has 0 radical (unpaired) electrons. The molecule has 0 saturated heterocycles. The van der Waals surface area contributed by atoms with Gasteiger partial charge in [-0.15, -0.1) is 0 Å². The molecule has 166 valence electrons. The highest BCUT2D eigenvalue weighted by atomic mass is 32.2. The molecule has 0 fully saturated rings. The third kappa shape index (κ3) is 3.32. The molecule has 2 aliphatic rings. The second-order valence-corrected chi connectivity index (χ2v) is 11.3. The van der Waals surface area contributed by atoms with E-state index >= 15 is 0 Å². The lowest BCUT2D eigenvalue weighted by molar-refractivity contribution is 0.0984. The van der Waals surface area contributed by atoms with Gasteiger partial charge in [0.15, 0.2) is 0 Å². The Morgan fingerprint density at radius 2 is 1.88 bits per heavy atom. The molecule has 3 aromatic rings. The van der Waals surface area contributed by atoms with E-state index in [9.17, 15) is 4.79 Å². The molecule has 0 saturated carbocycles. The Hall–Kier alpha value is -2.73. The van der Waals surface area contributed by atoms with E-state index in [1.54, 1.807) is 0 Å². The van der Waals surface area contributed by atoms with Crippen molar-refractivity contribution in [2.24, 2.45) is 0 Å². The van der Waals surface area contributed by atoms with Gasteiger partial charge in [0.25, 0.3) is 5.91 Å². The zero-order valence-corrected chi connectivity index (χ0v) is 20.4. The molecule has 1 aromatic carbocycles. The van der Waals surface area contributed by atoms with E-state index in [1.807, 2.05) is 12.1 Å². The molecule has 2 aliphatic heterocycles. The average molecular weight is 447 g/mol. The predicted molar refractivity (Wildman–Crippen MR) is 132 cm³/mol. The summed E-state index contributed by atoms with van der Waals surface area (Å²) in [5.74, 6) is 0.646. The van der Waals surface area contributed by atoms with Crippen LogP contribution in [0.1, 0.15) is 57.6 Å². The first-order valence-electron chi connectivity index (χ1n) is 11.1. The Morgan fingerprint density at radius 1 is 1.09 bits per heavy atom. The third-order valence-electron chi connectivity index (χ3n) is 6.80. The summed E-state index contributed by atoms with van der Waals surface area (Å²) < 4.78 is 5.38. The number of hydrogen-bond acceptors (Lipinski definition) is 4. The molecule has 6 heteroatoms. The molecule has 0 atom stereocenters. The summed E-state index contributed by atoms with van der Waals surface area (Å²) in [4.78, 5) is 21.7. The molecule has 4 heterocycles. The highest BCUT2D eigenvalue weighted by Crippen LogP contribution is 2.41. The van der Waals surface area contributed by atoms with Gasteiger partial charge >= 0.3 is 0 Å². The molecular weight excluding hydrogens is 416 g/mol. The number of anilines is 1. The average Bonchev–Trinajstić information content (AvgIpc) is 3.23. The monoisotopic (exact) mass is 446 g/mol. The molecule has 1 amide bonds. The van der Waals surface area contributed by atoms with Gasteiger partial charge in [0.2, 0.25) is 0 Å². The minimum atomic E-state index is -0.266. The van der Waals surface area contributed by atoms with Crippen molar-refractivity contribution in [2.75, 3.05) is 11.4 Å². The first-order chi connectivity index (χ1) is 15.1. The van der Waals surface area contributed by atoms with Crippen molar-refractivity contribution in [1.82, 2.24) is 14.3 Å². The fraction of sp³-hybridized carbons (Fsp3) is 0.385. The predicted octanol–water partition coefficient (Wildman–Crippen LogP) is 5.70. The Bertz CT molecular complexity index is 1280. The summed E-state index contributed by atoms with van der Waals surface area (Å²) in [7, 11) is 0. The number of amides is 1. The SMILES string of the molecule is CC1=C2Cn3ccc4ccc(cc43)SNC(=O)c3ccc(C(C)(C)C)nc3N(C1)C2(C)C. The number of nitrogens with one attached hydrogen (secondary N) is 1. The molecule has 5 nitrogen and oxygen atoms in total. The maximum atomic E-state index is 13.3. The largest absolute Gasteiger partial charge is 0.343 e. The minimum Gasteiger partial charge on any atom is -0.343 e. The van der Waals surface area contributed by atoms with Gasteiger partial charge in [-0.3, -0.25) is 9.52 Å². The van der Waals surface area contributed by atoms with Crippen molar-refractivity contribution in [2.45, 2.75) is 63.9 Å². The van der Waals surface area contributed by atoms with E-state index in [1.165, 1.54) is 34.0 Å². The Labute approximate surface area is 194 Å². The number of hydrogen-bond donors (Lipinski definition) is 1. The molecule has 4 bridgehead atoms. The van der Waals surface area contributed by atoms with E-state index in [0.717, 1.165) is 29.5 Å². The second-order valence-electron chi connectivity index (χ2n) is 10.4. The van der Waals surface area contributed by atoms with Crippen molar-refractivity contribution in [3.05, 3.63) is 65.0 Å². The van der Waals surface area contributed by atoms with E-state index in [2.05, 4.69) is 86.2 Å². The van der Waals surface area contributed by atoms with E-state index in [-0.39, 0.29) is 16.9 Å². The van der Waals surface area contributed by atoms with E-state index in [4.69, 9.17) is 4.98 Å². The second kappa shape index (κ2) is 7.14. The number of fused-ring (bicyclic) bond motifs is 5. The first-order valence-corrected chi connectivity index (χ1v) is 11.9. The number of pyridine rings is 1. The fourth-order valence-corrected chi connectivity index (χ4v) is 5.46. The maximum Gasteiger partial charge on any atom is 0.265 e. The van der Waals surface area contributed by atoms with Gasteiger partial charge in [-0.25, -0.2) is 4.98 Å². The van der Waals surface area contributed by atoms with Crippen LogP contribution in [0.2, 0.25) is 0 Å². The smallest absolute Gasteiger partial charge is 0.265 e. The summed E-state index contributed by atoms with van der Waals surface area (Å²) in [6, 6.07) is 12.4. The number of carbonyl (C=O) groups is 1. The summed E-state index contributed by atoms with van der Waals surface area (Å²) in [6.45, 7) is 14.8. The van der Waals surface area contributed by atoms with E-state index in [0.29, 0.717) is 5.56 Å². The van der Waals surface area contributed by atoms with Crippen LogP contribution in [-0.4, -0.2) is 27.5 Å². The van der Waals surface area contributed by atoms with E-state index < -0.39 is 0 Å². The van der Waals surface area contributed by atoms with Crippen LogP contribution in [-0.2, 0) is 12.0 Å². The van der Waals surface area contributed by atoms with Gasteiger partial charge in [-0.05, 0) is 74.0 Å². The highest BCUT2D eigenvalue weighted by molar-refractivity contribution is 7.98. The molecule has 0 unspecified atom stereocenters. The topological polar surface area (TPSA) is 50.2 Å². The zero-order chi connectivity index (χ0) is 22.8. The van der Waals surface area contributed by atoms with Gasteiger partial charge in [-0.1, -0.05) is 32.4 Å². The van der Waals surface area contributed by atoms with Crippen LogP contribution in [0.15, 0.2) is 58.6 Å². The molecular formula is C26H30N4OS. The molecule has 1 N–H and O–H groups in total. The van der Waals surface area contributed by atoms with Gasteiger partial charge in [0.05, 0.1) is 11.1 Å². The first kappa shape index (κ1) is 21.1. The molecule has 0 aliphatic carbocycles. The van der Waals surface area contributed by atoms with Crippen LogP contribution in [0.5, 0.6) is 0 Å². The molecule has 32 heavy (non-hydrogen) atoms. The highest BCUT2D eigenvalue weighted by Gasteiger charge is 2.41. The van der Waals surface area contributed by atoms with Crippen molar-refractivity contribution in [3.8, 4) is 0 Å². The molecule has 0 spiro atoms. The van der Waals surface area contributed by atoms with Crippen molar-refractivity contribution < 1.29 is 4.79 Å². The van der Waals surface area contributed by atoms with Crippen LogP contribution in [0, 0.1) is 0 Å². The number of benzene rings is 1. The minimum absolute atomic E-state index is 0.105. The summed E-state index contributed by atoms with van der Waals surface area (Å²) in [6.07, 6.45) is 2.17. The fourth-order valence-electron chi connectivity index (χ4n) is 4.83. The quantitative estimate of drug-likeness (QED) is 0.355. The van der Waals surface area contributed by atoms with Crippen LogP contribution < -0.4 is 9.62 Å². The van der Waals surface area contributed by atoms with Crippen molar-refractivity contribution in [1.29, 1.82) is 0 Å². The zero-order valence-electron chi connectivity index (χ0n) is 19.6. The lowest BCUT2D eigenvalue weighted by Gasteiger charge is -2.37. The Balaban J connectivity index is 1.72. The van der Waals surface area contributed by atoms with Crippen LogP contribution in [0.4, 0.5) is 5.82 Å². The normalized spacial score (nSPS) is 18.3. The number of carbonyl (C=O) groups excluding carboxylic acids is 1. The van der Waals surface area contributed by atoms with Crippen molar-refractivity contribution in [3.63, 3.8) is 0 Å². The van der Waals surface area contributed by atoms with Gasteiger partial charge in [0, 0.05) is 40.8 Å². The lowest BCUT2D eigenvalue weighted by atomic mass is 9.90. The summed E-state index contributed by atoms with van der Waals surface area (Å²) in [5, 5.41) is 1.21. The lowest BCUT2D eigenvalue weighted by Crippen LogP contribution is -2.44. The maximum absolute atomic E-state index is 13.3. The Kier molecular flexibility index (Phi) is 4.71. The number of rotatable bonds is 0. The molecule has 5 rings (SSSR count). The van der Waals surface area contributed by atoms with Gasteiger partial charge < -0.3 is 9.47 Å². The summed E-state index contributed by atoms with van der Waals surface area (Å²) in [5.41, 5.74) is 5.14. The van der Waals surface area contributed by atoms with Crippen LogP contribution >= 0.6 is 11.9 Å². The van der Waals surface area contributed by atoms with Crippen LogP contribution in [0.3, 0.4) is 0 Å². The standard InChI is InChI=1S/C26H30N4OS/c1-16-14-30-23-19(9-10-22(27-23)25(2,3)4)24(31)28-32-18-8-7-17-11-12-29(21(17)13-18)15-20(16)26(30,5)6/h7-13H,14-15H2,1-6H3,(H,28,31). The number of aromatic nitrogens is 2. The van der Waals surface area contributed by atoms with Gasteiger partial charge in [-0.2, -0.15) is 0 Å². The van der Waals surface area contributed by atoms with Crippen LogP contribution in [0.25, 0.3) is 10.9 Å². The summed E-state index contributed by atoms with van der Waals surface area (Å²) >= 11 is 1.36. The number of nitrogens with zero attached hydrogens (tertiary/aromatic N) is 3. The Morgan fingerprint density at radius 3 is 2.62 bits per heavy atom. The van der Waals surface area contributed by atoms with Crippen molar-refractivity contribution >= 4 is 34.6 Å². The third-order valence-corrected chi connectivity index (χ3v) is 7.58. The van der Waals surface area contributed by atoms with Gasteiger partial charge in [0.1, 0.15) is 5.82 Å².